The van der Waals surface area contributed by atoms with Gasteiger partial charge in [-0.05, 0) is 41.3 Å². The Labute approximate surface area is 207 Å². The first-order valence-corrected chi connectivity index (χ1v) is 11.4. The molecular weight excluding hydrogens is 473 g/mol. The highest BCUT2D eigenvalue weighted by atomic mass is 35.5. The Balaban J connectivity index is 1.68. The Morgan fingerprint density at radius 1 is 1.03 bits per heavy atom. The zero-order valence-corrected chi connectivity index (χ0v) is 20.4. The van der Waals surface area contributed by atoms with Crippen molar-refractivity contribution in [3.8, 4) is 17.1 Å². The number of aromatic nitrogens is 2. The molecule has 0 fully saturated rings. The van der Waals surface area contributed by atoms with Gasteiger partial charge in [-0.25, -0.2) is 4.98 Å². The van der Waals surface area contributed by atoms with Gasteiger partial charge in [0.2, 0.25) is 0 Å². The maximum Gasteiger partial charge on any atom is 0.280 e. The number of nitrogens with one attached hydrogen (secondary N) is 1. The van der Waals surface area contributed by atoms with Gasteiger partial charge in [0.05, 0.1) is 15.9 Å². The molecule has 8 heteroatoms. The van der Waals surface area contributed by atoms with Gasteiger partial charge in [0, 0.05) is 10.6 Å². The first kappa shape index (κ1) is 23.8. The summed E-state index contributed by atoms with van der Waals surface area (Å²) in [5.74, 6) is 0.0861. The normalized spacial score (nSPS) is 11.4. The third kappa shape index (κ3) is 5.08. The lowest BCUT2D eigenvalue weighted by Gasteiger charge is -2.20. The number of halogens is 2. The molecule has 4 rings (SSSR count). The Morgan fingerprint density at radius 3 is 2.41 bits per heavy atom. The van der Waals surface area contributed by atoms with Crippen molar-refractivity contribution in [1.82, 2.24) is 9.66 Å². The molecule has 1 N–H and O–H groups in total. The molecule has 0 spiro atoms. The molecule has 0 radical (unpaired) electrons. The molecule has 3 aromatic carbocycles. The van der Waals surface area contributed by atoms with Crippen LogP contribution in [-0.4, -0.2) is 22.2 Å². The van der Waals surface area contributed by atoms with Crippen LogP contribution in [0.2, 0.25) is 10.0 Å². The minimum absolute atomic E-state index is 0.0243. The van der Waals surface area contributed by atoms with Crippen LogP contribution in [0.3, 0.4) is 0 Å². The summed E-state index contributed by atoms with van der Waals surface area (Å²) >= 11 is 12.0. The second-order valence-corrected chi connectivity index (χ2v) is 9.66. The quantitative estimate of drug-likeness (QED) is 0.378. The minimum atomic E-state index is -0.544. The molecule has 174 valence electrons. The molecule has 0 atom stereocenters. The van der Waals surface area contributed by atoms with Crippen LogP contribution < -0.4 is 15.7 Å². The van der Waals surface area contributed by atoms with E-state index in [0.29, 0.717) is 33.1 Å². The second kappa shape index (κ2) is 9.49. The van der Waals surface area contributed by atoms with Crippen molar-refractivity contribution in [3.63, 3.8) is 0 Å². The van der Waals surface area contributed by atoms with Crippen molar-refractivity contribution < 1.29 is 9.53 Å². The molecule has 0 saturated heterocycles. The number of carbonyl (C=O) groups excluding carboxylic acids is 1. The van der Waals surface area contributed by atoms with E-state index in [1.54, 1.807) is 30.3 Å². The van der Waals surface area contributed by atoms with Gasteiger partial charge in [0.15, 0.2) is 12.4 Å². The fourth-order valence-corrected chi connectivity index (χ4v) is 3.90. The van der Waals surface area contributed by atoms with Crippen LogP contribution >= 0.6 is 23.2 Å². The maximum absolute atomic E-state index is 13.3. The van der Waals surface area contributed by atoms with E-state index in [4.69, 9.17) is 27.9 Å². The highest BCUT2D eigenvalue weighted by molar-refractivity contribution is 6.35. The Morgan fingerprint density at radius 2 is 1.74 bits per heavy atom. The number of ether oxygens (including phenoxy) is 1. The van der Waals surface area contributed by atoms with Crippen LogP contribution in [-0.2, 0) is 10.2 Å². The Bertz CT molecular complexity index is 1420. The summed E-state index contributed by atoms with van der Waals surface area (Å²) in [6.07, 6.45) is 0. The van der Waals surface area contributed by atoms with E-state index in [9.17, 15) is 9.59 Å². The molecule has 4 aromatic rings. The van der Waals surface area contributed by atoms with Crippen LogP contribution in [0.1, 0.15) is 26.3 Å². The first-order chi connectivity index (χ1) is 16.1. The lowest BCUT2D eigenvalue weighted by atomic mass is 9.86. The second-order valence-electron chi connectivity index (χ2n) is 8.82. The summed E-state index contributed by atoms with van der Waals surface area (Å²) in [6.45, 7) is 6.02. The first-order valence-electron chi connectivity index (χ1n) is 10.6. The standard InChI is InChI=1S/C26H23Cl2N3O3/c1-26(2,3)17-10-8-16(9-11-17)24-29-21-7-5-4-6-19(21)25(33)31(24)30-23(32)15-34-22-13-12-18(27)14-20(22)28/h4-14H,15H2,1-3H3,(H,30,32). The average Bonchev–Trinajstić information content (AvgIpc) is 2.80. The average molecular weight is 496 g/mol. The van der Waals surface area contributed by atoms with E-state index in [2.05, 4.69) is 31.2 Å². The molecule has 0 aliphatic carbocycles. The van der Waals surface area contributed by atoms with Gasteiger partial charge in [0.25, 0.3) is 11.5 Å². The SMILES string of the molecule is CC(C)(C)c1ccc(-c2nc3ccccc3c(=O)n2NC(=O)COc2ccc(Cl)cc2Cl)cc1. The highest BCUT2D eigenvalue weighted by Crippen LogP contribution is 2.28. The van der Waals surface area contributed by atoms with Crippen molar-refractivity contribution in [2.24, 2.45) is 0 Å². The van der Waals surface area contributed by atoms with Gasteiger partial charge in [-0.2, -0.15) is 4.68 Å². The number of fused-ring (bicyclic) bond motifs is 1. The third-order valence-electron chi connectivity index (χ3n) is 5.27. The fraction of sp³-hybridized carbons (Fsp3) is 0.192. The molecule has 0 bridgehead atoms. The fourth-order valence-electron chi connectivity index (χ4n) is 3.44. The van der Waals surface area contributed by atoms with Crippen LogP contribution in [0, 0.1) is 0 Å². The van der Waals surface area contributed by atoms with Crippen molar-refractivity contribution in [3.05, 3.63) is 92.7 Å². The predicted molar refractivity (Wildman–Crippen MR) is 136 cm³/mol. The van der Waals surface area contributed by atoms with Crippen molar-refractivity contribution in [1.29, 1.82) is 0 Å². The monoisotopic (exact) mass is 495 g/mol. The van der Waals surface area contributed by atoms with Gasteiger partial charge >= 0.3 is 0 Å². The number of amides is 1. The van der Waals surface area contributed by atoms with E-state index < -0.39 is 11.5 Å². The van der Waals surface area contributed by atoms with Crippen LogP contribution in [0.15, 0.2) is 71.5 Å². The Kier molecular flexibility index (Phi) is 6.64. The summed E-state index contributed by atoms with van der Waals surface area (Å²) in [6, 6.07) is 19.5. The summed E-state index contributed by atoms with van der Waals surface area (Å²) in [7, 11) is 0. The molecule has 0 saturated carbocycles. The zero-order chi connectivity index (χ0) is 24.5. The number of benzene rings is 3. The number of para-hydroxylation sites is 1. The minimum Gasteiger partial charge on any atom is -0.482 e. The molecule has 6 nitrogen and oxygen atoms in total. The number of rotatable bonds is 5. The van der Waals surface area contributed by atoms with Gasteiger partial charge in [-0.15, -0.1) is 0 Å². The van der Waals surface area contributed by atoms with Gasteiger partial charge in [-0.1, -0.05) is 80.4 Å². The zero-order valence-electron chi connectivity index (χ0n) is 18.9. The molecule has 1 aromatic heterocycles. The lowest BCUT2D eigenvalue weighted by Crippen LogP contribution is -2.37. The molecule has 1 amide bonds. The van der Waals surface area contributed by atoms with E-state index >= 15 is 0 Å². The van der Waals surface area contributed by atoms with E-state index in [-0.39, 0.29) is 17.0 Å². The molecule has 1 heterocycles. The topological polar surface area (TPSA) is 73.2 Å². The van der Waals surface area contributed by atoms with Crippen LogP contribution in [0.5, 0.6) is 5.75 Å². The number of hydrogen-bond acceptors (Lipinski definition) is 4. The summed E-state index contributed by atoms with van der Waals surface area (Å²) in [5, 5.41) is 1.13. The van der Waals surface area contributed by atoms with Crippen molar-refractivity contribution in [2.45, 2.75) is 26.2 Å². The van der Waals surface area contributed by atoms with Crippen LogP contribution in [0.4, 0.5) is 0 Å². The van der Waals surface area contributed by atoms with Gasteiger partial charge < -0.3 is 4.74 Å². The Hall–Kier alpha value is -3.35. The molecule has 0 aliphatic heterocycles. The molecule has 0 aliphatic rings. The predicted octanol–water partition coefficient (Wildman–Crippen LogP) is 5.82. The van der Waals surface area contributed by atoms with Gasteiger partial charge in [-0.3, -0.25) is 15.0 Å². The number of nitrogens with zero attached hydrogens (tertiary/aromatic N) is 2. The van der Waals surface area contributed by atoms with E-state index in [1.165, 1.54) is 6.07 Å². The largest absolute Gasteiger partial charge is 0.482 e. The maximum atomic E-state index is 13.3. The van der Waals surface area contributed by atoms with Gasteiger partial charge in [0.1, 0.15) is 5.75 Å². The number of carbonyl (C=O) groups is 1. The third-order valence-corrected chi connectivity index (χ3v) is 5.80. The van der Waals surface area contributed by atoms with Crippen molar-refractivity contribution in [2.75, 3.05) is 12.0 Å². The van der Waals surface area contributed by atoms with Crippen molar-refractivity contribution >= 4 is 40.0 Å². The van der Waals surface area contributed by atoms with E-state index in [1.807, 2.05) is 30.3 Å². The highest BCUT2D eigenvalue weighted by Gasteiger charge is 2.18. The summed E-state index contributed by atoms with van der Waals surface area (Å²) in [4.78, 5) is 30.7. The number of hydrogen-bond donors (Lipinski definition) is 1. The smallest absolute Gasteiger partial charge is 0.280 e. The summed E-state index contributed by atoms with van der Waals surface area (Å²) in [5.41, 5.74) is 4.58. The lowest BCUT2D eigenvalue weighted by molar-refractivity contribution is -0.119. The summed E-state index contributed by atoms with van der Waals surface area (Å²) < 4.78 is 6.67. The van der Waals surface area contributed by atoms with Crippen LogP contribution in [0.25, 0.3) is 22.3 Å². The van der Waals surface area contributed by atoms with E-state index in [0.717, 1.165) is 10.2 Å². The molecule has 0 unspecified atom stereocenters. The molecular formula is C26H23Cl2N3O3. The molecule has 34 heavy (non-hydrogen) atoms.